The van der Waals surface area contributed by atoms with Gasteiger partial charge in [0.15, 0.2) is 5.78 Å². The van der Waals surface area contributed by atoms with Gasteiger partial charge in [-0.05, 0) is 30.0 Å². The van der Waals surface area contributed by atoms with E-state index in [2.05, 4.69) is 4.98 Å². The highest BCUT2D eigenvalue weighted by Gasteiger charge is 2.15. The zero-order valence-corrected chi connectivity index (χ0v) is 10.9. The zero-order valence-electron chi connectivity index (χ0n) is 10.9. The lowest BCUT2D eigenvalue weighted by Crippen LogP contribution is -2.05. The summed E-state index contributed by atoms with van der Waals surface area (Å²) >= 11 is 0. The Hall–Kier alpha value is -2.55. The second kappa shape index (κ2) is 4.85. The maximum Gasteiger partial charge on any atom is 0.195 e. The fourth-order valence-corrected chi connectivity index (χ4v) is 2.28. The summed E-state index contributed by atoms with van der Waals surface area (Å²) in [7, 11) is 0. The van der Waals surface area contributed by atoms with Gasteiger partial charge in [-0.2, -0.15) is 0 Å². The van der Waals surface area contributed by atoms with Crippen LogP contribution in [0.25, 0.3) is 10.8 Å². The van der Waals surface area contributed by atoms with Crippen molar-refractivity contribution in [2.24, 2.45) is 0 Å². The summed E-state index contributed by atoms with van der Waals surface area (Å²) in [5.74, 6) is -0.613. The van der Waals surface area contributed by atoms with Crippen LogP contribution in [0.2, 0.25) is 0 Å². The van der Waals surface area contributed by atoms with E-state index in [1.807, 2.05) is 24.3 Å². The number of hydrogen-bond acceptors (Lipinski definition) is 2. The van der Waals surface area contributed by atoms with Crippen molar-refractivity contribution in [1.82, 2.24) is 4.98 Å². The third-order valence-electron chi connectivity index (χ3n) is 3.36. The molecule has 98 valence electrons. The fraction of sp³-hybridized carbons (Fsp3) is 0.0588. The van der Waals surface area contributed by atoms with Gasteiger partial charge in [0.25, 0.3) is 0 Å². The molecule has 0 amide bonds. The Morgan fingerprint density at radius 2 is 1.85 bits per heavy atom. The van der Waals surface area contributed by atoms with Crippen LogP contribution in [0.5, 0.6) is 0 Å². The number of benzene rings is 2. The van der Waals surface area contributed by atoms with E-state index in [1.54, 1.807) is 19.2 Å². The van der Waals surface area contributed by atoms with Gasteiger partial charge in [0.1, 0.15) is 5.82 Å². The molecule has 0 radical (unpaired) electrons. The number of carbonyl (C=O) groups excluding carboxylic acids is 1. The lowest BCUT2D eigenvalue weighted by atomic mass is 9.96. The van der Waals surface area contributed by atoms with Crippen molar-refractivity contribution in [2.75, 3.05) is 0 Å². The van der Waals surface area contributed by atoms with Crippen molar-refractivity contribution in [3.05, 3.63) is 77.4 Å². The third-order valence-corrected chi connectivity index (χ3v) is 3.36. The molecule has 2 aromatic carbocycles. The van der Waals surface area contributed by atoms with E-state index in [4.69, 9.17) is 0 Å². The molecule has 0 unspecified atom stereocenters. The summed E-state index contributed by atoms with van der Waals surface area (Å²) < 4.78 is 13.4. The van der Waals surface area contributed by atoms with Gasteiger partial charge in [-0.1, -0.05) is 30.3 Å². The lowest BCUT2D eigenvalue weighted by molar-refractivity contribution is 0.103. The van der Waals surface area contributed by atoms with Gasteiger partial charge in [-0.15, -0.1) is 0 Å². The number of hydrogen-bond donors (Lipinski definition) is 0. The molecule has 1 heterocycles. The first-order chi connectivity index (χ1) is 9.66. The molecule has 20 heavy (non-hydrogen) atoms. The van der Waals surface area contributed by atoms with Gasteiger partial charge in [0.2, 0.25) is 0 Å². The average molecular weight is 265 g/mol. The Bertz CT molecular complexity index is 806. The molecule has 0 aliphatic carbocycles. The first kappa shape index (κ1) is 12.5. The quantitative estimate of drug-likeness (QED) is 0.657. The van der Waals surface area contributed by atoms with Gasteiger partial charge >= 0.3 is 0 Å². The topological polar surface area (TPSA) is 30.0 Å². The molecule has 3 rings (SSSR count). The van der Waals surface area contributed by atoms with E-state index < -0.39 is 5.82 Å². The molecule has 2 nitrogen and oxygen atoms in total. The minimum absolute atomic E-state index is 0.202. The number of aromatic nitrogens is 1. The fourth-order valence-electron chi connectivity index (χ4n) is 2.28. The van der Waals surface area contributed by atoms with Crippen LogP contribution in [-0.4, -0.2) is 10.8 Å². The molecule has 0 saturated heterocycles. The van der Waals surface area contributed by atoms with Crippen LogP contribution in [0, 0.1) is 12.7 Å². The molecular formula is C17H12FNO. The summed E-state index contributed by atoms with van der Waals surface area (Å²) in [4.78, 5) is 16.7. The first-order valence-electron chi connectivity index (χ1n) is 6.30. The molecule has 1 aromatic heterocycles. The summed E-state index contributed by atoms with van der Waals surface area (Å²) in [6.07, 6.45) is 3.25. The largest absolute Gasteiger partial charge is 0.289 e. The van der Waals surface area contributed by atoms with Crippen LogP contribution in [0.4, 0.5) is 4.39 Å². The molecule has 3 aromatic rings. The number of pyridine rings is 1. The number of nitrogens with zero attached hydrogens (tertiary/aromatic N) is 1. The van der Waals surface area contributed by atoms with Crippen molar-refractivity contribution in [3.8, 4) is 0 Å². The second-order valence-electron chi connectivity index (χ2n) is 4.70. The van der Waals surface area contributed by atoms with Crippen LogP contribution in [0.3, 0.4) is 0 Å². The van der Waals surface area contributed by atoms with Crippen molar-refractivity contribution in [3.63, 3.8) is 0 Å². The summed E-state index contributed by atoms with van der Waals surface area (Å²) in [6, 6.07) is 11.8. The molecular weight excluding hydrogens is 253 g/mol. The number of fused-ring (bicyclic) bond motifs is 1. The minimum atomic E-state index is -0.410. The molecule has 3 heteroatoms. The molecule has 0 saturated carbocycles. The van der Waals surface area contributed by atoms with E-state index >= 15 is 0 Å². The summed E-state index contributed by atoms with van der Waals surface area (Å²) in [6.45, 7) is 1.80. The van der Waals surface area contributed by atoms with Crippen LogP contribution in [-0.2, 0) is 0 Å². The van der Waals surface area contributed by atoms with Crippen LogP contribution < -0.4 is 0 Å². The highest BCUT2D eigenvalue weighted by atomic mass is 19.1. The minimum Gasteiger partial charge on any atom is -0.289 e. The van der Waals surface area contributed by atoms with Crippen molar-refractivity contribution < 1.29 is 9.18 Å². The standard InChI is InChI=1S/C17H12FNO/c1-11-6-7-13(18)8-15(11)17(20)16-10-19-9-12-4-2-3-5-14(12)16/h2-10H,1H3. The molecule has 0 bridgehead atoms. The summed E-state index contributed by atoms with van der Waals surface area (Å²) in [5, 5.41) is 1.73. The molecule has 0 fully saturated rings. The highest BCUT2D eigenvalue weighted by molar-refractivity contribution is 6.16. The highest BCUT2D eigenvalue weighted by Crippen LogP contribution is 2.22. The van der Waals surface area contributed by atoms with Crippen LogP contribution in [0.1, 0.15) is 21.5 Å². The maximum atomic E-state index is 13.4. The molecule has 0 spiro atoms. The Labute approximate surface area is 115 Å². The second-order valence-corrected chi connectivity index (χ2v) is 4.70. The average Bonchev–Trinajstić information content (AvgIpc) is 2.48. The van der Waals surface area contributed by atoms with E-state index in [0.717, 1.165) is 16.3 Å². The Balaban J connectivity index is 2.20. The monoisotopic (exact) mass is 265 g/mol. The molecule has 0 atom stereocenters. The number of carbonyl (C=O) groups is 1. The Morgan fingerprint density at radius 3 is 2.70 bits per heavy atom. The Kier molecular flexibility index (Phi) is 3.03. The van der Waals surface area contributed by atoms with E-state index in [1.165, 1.54) is 18.3 Å². The molecule has 0 aliphatic rings. The maximum absolute atomic E-state index is 13.4. The number of halogens is 1. The van der Waals surface area contributed by atoms with Gasteiger partial charge in [-0.3, -0.25) is 9.78 Å². The van der Waals surface area contributed by atoms with Gasteiger partial charge in [-0.25, -0.2) is 4.39 Å². The SMILES string of the molecule is Cc1ccc(F)cc1C(=O)c1cncc2ccccc12. The van der Waals surface area contributed by atoms with Crippen molar-refractivity contribution in [1.29, 1.82) is 0 Å². The Morgan fingerprint density at radius 1 is 1.05 bits per heavy atom. The normalized spacial score (nSPS) is 10.7. The number of ketones is 1. The van der Waals surface area contributed by atoms with Gasteiger partial charge in [0.05, 0.1) is 0 Å². The summed E-state index contributed by atoms with van der Waals surface area (Å²) in [5.41, 5.74) is 1.63. The first-order valence-corrected chi connectivity index (χ1v) is 6.30. The predicted octanol–water partition coefficient (Wildman–Crippen LogP) is 3.91. The lowest BCUT2D eigenvalue weighted by Gasteiger charge is -2.07. The zero-order chi connectivity index (χ0) is 14.1. The van der Waals surface area contributed by atoms with E-state index in [9.17, 15) is 9.18 Å². The number of aryl methyl sites for hydroxylation is 1. The van der Waals surface area contributed by atoms with Crippen molar-refractivity contribution in [2.45, 2.75) is 6.92 Å². The van der Waals surface area contributed by atoms with Crippen LogP contribution in [0.15, 0.2) is 54.9 Å². The molecule has 0 N–H and O–H groups in total. The number of rotatable bonds is 2. The smallest absolute Gasteiger partial charge is 0.195 e. The van der Waals surface area contributed by atoms with Crippen molar-refractivity contribution >= 4 is 16.6 Å². The molecule has 0 aliphatic heterocycles. The predicted molar refractivity (Wildman–Crippen MR) is 76.3 cm³/mol. The van der Waals surface area contributed by atoms with Gasteiger partial charge in [0, 0.05) is 28.9 Å². The van der Waals surface area contributed by atoms with Gasteiger partial charge < -0.3 is 0 Å². The third kappa shape index (κ3) is 2.07. The van der Waals surface area contributed by atoms with E-state index in [-0.39, 0.29) is 5.78 Å². The van der Waals surface area contributed by atoms with Crippen LogP contribution >= 0.6 is 0 Å². The van der Waals surface area contributed by atoms with E-state index in [0.29, 0.717) is 11.1 Å².